The fourth-order valence-electron chi connectivity index (χ4n) is 1.81. The Balaban J connectivity index is 1.99. The van der Waals surface area contributed by atoms with E-state index >= 15 is 0 Å². The fraction of sp³-hybridized carbons (Fsp3) is 0.700. The topological polar surface area (TPSA) is 50.9 Å². The van der Waals surface area contributed by atoms with Gasteiger partial charge in [-0.2, -0.15) is 4.37 Å². The molecule has 78 valence electrons. The lowest BCUT2D eigenvalue weighted by Gasteiger charge is -2.21. The minimum Gasteiger partial charge on any atom is -0.383 e. The number of nitrogen functional groups attached to an aromatic ring is 1. The van der Waals surface area contributed by atoms with Gasteiger partial charge in [-0.3, -0.25) is 0 Å². The maximum Gasteiger partial charge on any atom is 0.139 e. The molecule has 1 aromatic rings. The Morgan fingerprint density at radius 1 is 1.57 bits per heavy atom. The maximum absolute atomic E-state index is 5.58. The van der Waals surface area contributed by atoms with Gasteiger partial charge in [-0.05, 0) is 36.2 Å². The number of rotatable bonds is 4. The van der Waals surface area contributed by atoms with Crippen LogP contribution >= 0.6 is 11.5 Å². The summed E-state index contributed by atoms with van der Waals surface area (Å²) in [5, 5.41) is 4.64. The van der Waals surface area contributed by atoms with Gasteiger partial charge in [0.2, 0.25) is 0 Å². The highest BCUT2D eigenvalue weighted by Crippen LogP contribution is 2.38. The molecule has 0 aliphatic heterocycles. The number of nitrogens with two attached hydrogens (primary N) is 1. The molecule has 1 atom stereocenters. The predicted molar refractivity (Wildman–Crippen MR) is 61.5 cm³/mol. The first-order valence-electron chi connectivity index (χ1n) is 5.15. The van der Waals surface area contributed by atoms with E-state index in [1.54, 1.807) is 0 Å². The fourth-order valence-corrected chi connectivity index (χ4v) is 2.42. The Morgan fingerprint density at radius 3 is 2.71 bits per heavy atom. The van der Waals surface area contributed by atoms with Crippen LogP contribution in [0.2, 0.25) is 0 Å². The SMILES string of the molecule is CC(C)C(Nc1cc(N)ns1)C1CC1. The van der Waals surface area contributed by atoms with Crippen molar-refractivity contribution in [2.45, 2.75) is 32.7 Å². The van der Waals surface area contributed by atoms with Crippen molar-refractivity contribution in [2.24, 2.45) is 11.8 Å². The van der Waals surface area contributed by atoms with Gasteiger partial charge in [0.05, 0.1) is 0 Å². The average Bonchev–Trinajstić information content (AvgIpc) is 2.86. The summed E-state index contributed by atoms with van der Waals surface area (Å²) in [5.74, 6) is 2.15. The molecule has 1 aliphatic carbocycles. The molecule has 3 N–H and O–H groups in total. The predicted octanol–water partition coefficient (Wildman–Crippen LogP) is 2.57. The van der Waals surface area contributed by atoms with Gasteiger partial charge in [-0.1, -0.05) is 13.8 Å². The van der Waals surface area contributed by atoms with Crippen LogP contribution in [-0.2, 0) is 0 Å². The Bertz CT molecular complexity index is 302. The van der Waals surface area contributed by atoms with Crippen LogP contribution in [0.3, 0.4) is 0 Å². The monoisotopic (exact) mass is 211 g/mol. The molecule has 1 saturated carbocycles. The van der Waals surface area contributed by atoms with Gasteiger partial charge in [0.25, 0.3) is 0 Å². The van der Waals surface area contributed by atoms with Crippen LogP contribution in [0.4, 0.5) is 10.8 Å². The van der Waals surface area contributed by atoms with Crippen LogP contribution in [-0.4, -0.2) is 10.4 Å². The molecule has 1 heterocycles. The Morgan fingerprint density at radius 2 is 2.29 bits per heavy atom. The summed E-state index contributed by atoms with van der Waals surface area (Å²) in [7, 11) is 0. The van der Waals surface area contributed by atoms with E-state index in [0.717, 1.165) is 10.9 Å². The molecule has 14 heavy (non-hydrogen) atoms. The minimum absolute atomic E-state index is 0.592. The molecule has 2 rings (SSSR count). The van der Waals surface area contributed by atoms with Gasteiger partial charge < -0.3 is 11.1 Å². The van der Waals surface area contributed by atoms with Crippen molar-refractivity contribution in [3.63, 3.8) is 0 Å². The maximum atomic E-state index is 5.58. The van der Waals surface area contributed by atoms with E-state index in [2.05, 4.69) is 23.5 Å². The van der Waals surface area contributed by atoms with Gasteiger partial charge in [0.15, 0.2) is 0 Å². The molecular weight excluding hydrogens is 194 g/mol. The molecule has 0 spiro atoms. The van der Waals surface area contributed by atoms with Crippen molar-refractivity contribution in [2.75, 3.05) is 11.1 Å². The third-order valence-corrected chi connectivity index (χ3v) is 3.42. The van der Waals surface area contributed by atoms with E-state index in [1.807, 2.05) is 6.07 Å². The van der Waals surface area contributed by atoms with E-state index in [4.69, 9.17) is 5.73 Å². The van der Waals surface area contributed by atoms with Crippen LogP contribution in [0.25, 0.3) is 0 Å². The van der Waals surface area contributed by atoms with E-state index in [-0.39, 0.29) is 0 Å². The van der Waals surface area contributed by atoms with Gasteiger partial charge in [0.1, 0.15) is 10.8 Å². The first-order valence-corrected chi connectivity index (χ1v) is 5.93. The molecule has 0 aromatic carbocycles. The zero-order valence-electron chi connectivity index (χ0n) is 8.66. The zero-order chi connectivity index (χ0) is 10.1. The lowest BCUT2D eigenvalue weighted by Crippen LogP contribution is -2.27. The number of nitrogens with zero attached hydrogens (tertiary/aromatic N) is 1. The molecule has 0 bridgehead atoms. The largest absolute Gasteiger partial charge is 0.383 e. The van der Waals surface area contributed by atoms with Crippen molar-refractivity contribution in [3.8, 4) is 0 Å². The van der Waals surface area contributed by atoms with Gasteiger partial charge in [-0.25, -0.2) is 0 Å². The molecule has 0 saturated heterocycles. The number of aromatic nitrogens is 1. The number of anilines is 2. The molecule has 1 aromatic heterocycles. The Kier molecular flexibility index (Phi) is 2.63. The van der Waals surface area contributed by atoms with Crippen LogP contribution < -0.4 is 11.1 Å². The molecule has 4 heteroatoms. The lowest BCUT2D eigenvalue weighted by molar-refractivity contribution is 0.478. The summed E-state index contributed by atoms with van der Waals surface area (Å²) < 4.78 is 4.07. The standard InChI is InChI=1S/C10H17N3S/c1-6(2)10(7-3-4-7)12-9-5-8(11)13-14-9/h5-7,10,12H,3-4H2,1-2H3,(H2,11,13). The third-order valence-electron chi connectivity index (χ3n) is 2.69. The molecule has 3 nitrogen and oxygen atoms in total. The summed E-state index contributed by atoms with van der Waals surface area (Å²) in [4.78, 5) is 0. The third kappa shape index (κ3) is 2.18. The van der Waals surface area contributed by atoms with Crippen molar-refractivity contribution >= 4 is 22.4 Å². The molecule has 1 aliphatic rings. The quantitative estimate of drug-likeness (QED) is 0.804. The van der Waals surface area contributed by atoms with Crippen LogP contribution in [0.5, 0.6) is 0 Å². The van der Waals surface area contributed by atoms with Gasteiger partial charge in [0, 0.05) is 12.1 Å². The van der Waals surface area contributed by atoms with E-state index in [1.165, 1.54) is 24.4 Å². The van der Waals surface area contributed by atoms with E-state index in [9.17, 15) is 0 Å². The van der Waals surface area contributed by atoms with Crippen molar-refractivity contribution < 1.29 is 0 Å². The Hall–Kier alpha value is -0.770. The second kappa shape index (κ2) is 3.77. The average molecular weight is 211 g/mol. The minimum atomic E-state index is 0.592. The Labute approximate surface area is 88.9 Å². The first-order chi connectivity index (χ1) is 6.66. The van der Waals surface area contributed by atoms with Gasteiger partial charge >= 0.3 is 0 Å². The normalized spacial score (nSPS) is 18.5. The molecular formula is C10H17N3S. The smallest absolute Gasteiger partial charge is 0.139 e. The molecule has 1 fully saturated rings. The summed E-state index contributed by atoms with van der Waals surface area (Å²) in [6.07, 6.45) is 2.73. The highest BCUT2D eigenvalue weighted by Gasteiger charge is 2.33. The van der Waals surface area contributed by atoms with Crippen LogP contribution in [0.15, 0.2) is 6.07 Å². The summed E-state index contributed by atoms with van der Waals surface area (Å²) in [6, 6.07) is 2.51. The molecule has 0 amide bonds. The highest BCUT2D eigenvalue weighted by atomic mass is 32.1. The first kappa shape index (κ1) is 9.77. The van der Waals surface area contributed by atoms with Crippen molar-refractivity contribution in [3.05, 3.63) is 6.07 Å². The summed E-state index contributed by atoms with van der Waals surface area (Å²) in [5.41, 5.74) is 5.58. The van der Waals surface area contributed by atoms with Crippen LogP contribution in [0.1, 0.15) is 26.7 Å². The highest BCUT2D eigenvalue weighted by molar-refractivity contribution is 7.10. The number of hydrogen-bond acceptors (Lipinski definition) is 4. The molecule has 1 unspecified atom stereocenters. The van der Waals surface area contributed by atoms with E-state index < -0.39 is 0 Å². The second-order valence-electron chi connectivity index (χ2n) is 4.37. The zero-order valence-corrected chi connectivity index (χ0v) is 9.47. The lowest BCUT2D eigenvalue weighted by atomic mass is 10.00. The summed E-state index contributed by atoms with van der Waals surface area (Å²) >= 11 is 1.45. The number of nitrogens with one attached hydrogen (secondary N) is 1. The van der Waals surface area contributed by atoms with Crippen molar-refractivity contribution in [1.82, 2.24) is 4.37 Å². The summed E-state index contributed by atoms with van der Waals surface area (Å²) in [6.45, 7) is 4.53. The van der Waals surface area contributed by atoms with Crippen LogP contribution in [0, 0.1) is 11.8 Å². The van der Waals surface area contributed by atoms with E-state index in [0.29, 0.717) is 17.8 Å². The van der Waals surface area contributed by atoms with Crippen molar-refractivity contribution in [1.29, 1.82) is 0 Å². The number of hydrogen-bond donors (Lipinski definition) is 2. The second-order valence-corrected chi connectivity index (χ2v) is 5.17. The molecule has 0 radical (unpaired) electrons. The van der Waals surface area contributed by atoms with Gasteiger partial charge in [-0.15, -0.1) is 0 Å².